The molecule has 0 bridgehead atoms. The molecule has 16 heteroatoms. The Morgan fingerprint density at radius 3 is 1.93 bits per heavy atom. The second-order valence-electron chi connectivity index (χ2n) is 9.93. The van der Waals surface area contributed by atoms with Crippen molar-refractivity contribution in [1.29, 1.82) is 0 Å². The maximum atomic E-state index is 13.0. The molecule has 2 aromatic rings. The van der Waals surface area contributed by atoms with Crippen molar-refractivity contribution < 1.29 is 48.0 Å². The Balaban J connectivity index is 1.56. The van der Waals surface area contributed by atoms with Crippen molar-refractivity contribution in [2.45, 2.75) is 64.6 Å². The fraction of sp³-hybridized carbons (Fsp3) is 0.429. The minimum atomic E-state index is -0.753. The molecule has 3 atom stereocenters. The molecule has 2 amide bonds. The summed E-state index contributed by atoms with van der Waals surface area (Å²) in [5.41, 5.74) is 0.883. The molecule has 0 aromatic heterocycles. The van der Waals surface area contributed by atoms with Crippen LogP contribution in [0.25, 0.3) is 0 Å². The van der Waals surface area contributed by atoms with Gasteiger partial charge in [-0.25, -0.2) is 9.59 Å². The van der Waals surface area contributed by atoms with E-state index in [9.17, 15) is 39.4 Å². The number of nitro benzene ring substituents is 2. The van der Waals surface area contributed by atoms with Gasteiger partial charge in [-0.3, -0.25) is 29.8 Å². The van der Waals surface area contributed by atoms with E-state index in [4.69, 9.17) is 18.9 Å². The van der Waals surface area contributed by atoms with Gasteiger partial charge in [0.15, 0.2) is 0 Å². The highest BCUT2D eigenvalue weighted by atomic mass is 16.6. The van der Waals surface area contributed by atoms with E-state index >= 15 is 0 Å². The number of carbonyl (C=O) groups excluding carboxylic acids is 4. The lowest BCUT2D eigenvalue weighted by atomic mass is 10.0. The van der Waals surface area contributed by atoms with Crippen LogP contribution in [0, 0.1) is 20.2 Å². The smallest absolute Gasteiger partial charge is 0.410 e. The molecule has 1 fully saturated rings. The molecule has 0 spiro atoms. The van der Waals surface area contributed by atoms with Crippen molar-refractivity contribution in [2.24, 2.45) is 0 Å². The first-order valence-electron chi connectivity index (χ1n) is 13.6. The van der Waals surface area contributed by atoms with Crippen LogP contribution in [0.15, 0.2) is 48.5 Å². The van der Waals surface area contributed by atoms with Gasteiger partial charge in [0.2, 0.25) is 0 Å². The molecule has 0 saturated carbocycles. The number of nitrogens with zero attached hydrogens (tertiary/aromatic N) is 3. The van der Waals surface area contributed by atoms with Crippen molar-refractivity contribution in [3.8, 4) is 0 Å². The minimum Gasteiger partial charge on any atom is -0.462 e. The molecule has 236 valence electrons. The van der Waals surface area contributed by atoms with Crippen molar-refractivity contribution in [3.05, 3.63) is 79.9 Å². The molecule has 0 radical (unpaired) electrons. The summed E-state index contributed by atoms with van der Waals surface area (Å²) in [6.45, 7) is 2.31. The summed E-state index contributed by atoms with van der Waals surface area (Å²) in [6.07, 6.45) is -2.22. The van der Waals surface area contributed by atoms with Gasteiger partial charge in [-0.2, -0.15) is 0 Å². The van der Waals surface area contributed by atoms with Crippen molar-refractivity contribution >= 4 is 35.5 Å². The molecule has 0 unspecified atom stereocenters. The van der Waals surface area contributed by atoms with Gasteiger partial charge in [-0.15, -0.1) is 0 Å². The van der Waals surface area contributed by atoms with E-state index in [1.807, 2.05) is 0 Å². The molecule has 3 rings (SSSR count). The predicted molar refractivity (Wildman–Crippen MR) is 150 cm³/mol. The Morgan fingerprint density at radius 2 is 1.43 bits per heavy atom. The third kappa shape index (κ3) is 10.5. The molecule has 2 aromatic carbocycles. The summed E-state index contributed by atoms with van der Waals surface area (Å²) in [5.74, 6) is -1.10. The zero-order valence-electron chi connectivity index (χ0n) is 24.0. The molecule has 1 N–H and O–H groups in total. The van der Waals surface area contributed by atoms with Crippen LogP contribution in [0.5, 0.6) is 0 Å². The summed E-state index contributed by atoms with van der Waals surface area (Å²) in [4.78, 5) is 70.5. The van der Waals surface area contributed by atoms with Crippen molar-refractivity contribution in [3.63, 3.8) is 0 Å². The number of alkyl carbamates (subject to hydrolysis) is 1. The number of nitrogens with one attached hydrogen (secondary N) is 1. The number of hydrogen-bond acceptors (Lipinski definition) is 12. The Morgan fingerprint density at radius 1 is 0.886 bits per heavy atom. The number of nitro groups is 2. The van der Waals surface area contributed by atoms with Crippen LogP contribution < -0.4 is 5.32 Å². The zero-order valence-corrected chi connectivity index (χ0v) is 24.0. The lowest BCUT2D eigenvalue weighted by Gasteiger charge is -2.27. The minimum absolute atomic E-state index is 0.0450. The van der Waals surface area contributed by atoms with Gasteiger partial charge in [0.05, 0.1) is 16.4 Å². The number of ether oxygens (including phenoxy) is 4. The number of non-ortho nitro benzene ring substituents is 2. The van der Waals surface area contributed by atoms with Gasteiger partial charge in [-0.05, 0) is 35.4 Å². The first kappa shape index (κ1) is 33.2. The van der Waals surface area contributed by atoms with Crippen LogP contribution >= 0.6 is 0 Å². The van der Waals surface area contributed by atoms with E-state index in [2.05, 4.69) is 5.32 Å². The number of hydrogen-bond donors (Lipinski definition) is 1. The maximum Gasteiger partial charge on any atom is 0.410 e. The van der Waals surface area contributed by atoms with Gasteiger partial charge in [0.1, 0.15) is 25.4 Å². The summed E-state index contributed by atoms with van der Waals surface area (Å²) in [6, 6.07) is 10.5. The molecule has 1 aliphatic rings. The van der Waals surface area contributed by atoms with E-state index in [0.717, 1.165) is 0 Å². The number of rotatable bonds is 13. The standard InChI is InChI=1S/C28H32N4O12/c1-18(33)43-25(11-12-29-27(35)41-16-20-3-7-22(8-4-20)31(37)38)13-24-14-26(44-19(2)34)15-30(24)28(36)42-17-21-5-9-23(10-6-21)32(39)40/h3-10,24-26H,11-17H2,1-2H3,(H,29,35)/t24-,25-,26+/m1/s1. The van der Waals surface area contributed by atoms with Crippen LogP contribution in [0.2, 0.25) is 0 Å². The number of likely N-dealkylation sites (tertiary alicyclic amines) is 1. The van der Waals surface area contributed by atoms with Gasteiger partial charge >= 0.3 is 24.1 Å². The van der Waals surface area contributed by atoms with Gasteiger partial charge in [0.25, 0.3) is 11.4 Å². The molecule has 1 heterocycles. The Hall–Kier alpha value is -5.28. The molecular weight excluding hydrogens is 584 g/mol. The topological polar surface area (TPSA) is 207 Å². The number of carbonyl (C=O) groups is 4. The third-order valence-corrected chi connectivity index (χ3v) is 6.57. The Labute approximate surface area is 251 Å². The van der Waals surface area contributed by atoms with E-state index in [-0.39, 0.29) is 56.9 Å². The van der Waals surface area contributed by atoms with Gasteiger partial charge in [-0.1, -0.05) is 0 Å². The maximum absolute atomic E-state index is 13.0. The Kier molecular flexibility index (Phi) is 11.9. The SMILES string of the molecule is CC(=O)O[C@H](CCNC(=O)OCc1ccc([N+](=O)[O-])cc1)C[C@@H]1C[C@H](OC(C)=O)CN1C(=O)OCc1ccc([N+](=O)[O-])cc1. The fourth-order valence-electron chi connectivity index (χ4n) is 4.59. The summed E-state index contributed by atoms with van der Waals surface area (Å²) >= 11 is 0. The Bertz CT molecular complexity index is 1350. The molecular formula is C28H32N4O12. The highest BCUT2D eigenvalue weighted by molar-refractivity contribution is 5.70. The van der Waals surface area contributed by atoms with Crippen LogP contribution in [-0.4, -0.2) is 70.2 Å². The number of amides is 2. The largest absolute Gasteiger partial charge is 0.462 e. The quantitative estimate of drug-likeness (QED) is 0.148. The van der Waals surface area contributed by atoms with Crippen molar-refractivity contribution in [2.75, 3.05) is 13.1 Å². The third-order valence-electron chi connectivity index (χ3n) is 6.57. The highest BCUT2D eigenvalue weighted by Gasteiger charge is 2.39. The monoisotopic (exact) mass is 616 g/mol. The second-order valence-corrected chi connectivity index (χ2v) is 9.93. The number of esters is 2. The van der Waals surface area contributed by atoms with E-state index in [0.29, 0.717) is 11.1 Å². The molecule has 0 aliphatic carbocycles. The number of benzene rings is 2. The van der Waals surface area contributed by atoms with Crippen LogP contribution in [-0.2, 0) is 41.8 Å². The van der Waals surface area contributed by atoms with E-state index in [1.165, 1.54) is 67.3 Å². The first-order chi connectivity index (χ1) is 20.9. The second kappa shape index (κ2) is 15.8. The van der Waals surface area contributed by atoms with E-state index < -0.39 is 52.2 Å². The lowest BCUT2D eigenvalue weighted by Crippen LogP contribution is -2.39. The summed E-state index contributed by atoms with van der Waals surface area (Å²) in [7, 11) is 0. The summed E-state index contributed by atoms with van der Waals surface area (Å²) < 4.78 is 21.3. The van der Waals surface area contributed by atoms with Gasteiger partial charge in [0, 0.05) is 70.0 Å². The van der Waals surface area contributed by atoms with Crippen LogP contribution in [0.1, 0.15) is 44.2 Å². The van der Waals surface area contributed by atoms with Crippen LogP contribution in [0.3, 0.4) is 0 Å². The van der Waals surface area contributed by atoms with Crippen molar-refractivity contribution in [1.82, 2.24) is 10.2 Å². The van der Waals surface area contributed by atoms with Gasteiger partial charge < -0.3 is 29.2 Å². The highest BCUT2D eigenvalue weighted by Crippen LogP contribution is 2.27. The lowest BCUT2D eigenvalue weighted by molar-refractivity contribution is -0.385. The summed E-state index contributed by atoms with van der Waals surface area (Å²) in [5, 5.41) is 24.2. The zero-order chi connectivity index (χ0) is 32.2. The average molecular weight is 617 g/mol. The van der Waals surface area contributed by atoms with Crippen LogP contribution in [0.4, 0.5) is 21.0 Å². The normalized spacial score (nSPS) is 16.4. The average Bonchev–Trinajstić information content (AvgIpc) is 3.36. The first-order valence-corrected chi connectivity index (χ1v) is 13.6. The molecule has 1 saturated heterocycles. The molecule has 1 aliphatic heterocycles. The fourth-order valence-corrected chi connectivity index (χ4v) is 4.59. The predicted octanol–water partition coefficient (Wildman–Crippen LogP) is 3.78. The van der Waals surface area contributed by atoms with E-state index in [1.54, 1.807) is 0 Å². The molecule has 44 heavy (non-hydrogen) atoms. The molecule has 16 nitrogen and oxygen atoms in total.